The van der Waals surface area contributed by atoms with E-state index in [1.165, 1.54) is 6.42 Å². The first-order valence-corrected chi connectivity index (χ1v) is 6.74. The van der Waals surface area contributed by atoms with Crippen LogP contribution in [0.3, 0.4) is 0 Å². The lowest BCUT2D eigenvalue weighted by atomic mass is 10.0. The Hall–Kier alpha value is -0.120. The van der Waals surface area contributed by atoms with E-state index in [2.05, 4.69) is 37.9 Å². The van der Waals surface area contributed by atoms with Crippen molar-refractivity contribution in [1.82, 2.24) is 10.2 Å². The van der Waals surface area contributed by atoms with Crippen molar-refractivity contribution in [1.29, 1.82) is 0 Å². The van der Waals surface area contributed by atoms with Gasteiger partial charge >= 0.3 is 0 Å². The summed E-state index contributed by atoms with van der Waals surface area (Å²) < 4.78 is 5.60. The van der Waals surface area contributed by atoms with Crippen LogP contribution in [-0.4, -0.2) is 49.8 Å². The third-order valence-electron chi connectivity index (χ3n) is 3.46. The molecule has 16 heavy (non-hydrogen) atoms. The average molecular weight is 228 g/mol. The van der Waals surface area contributed by atoms with Crippen LogP contribution in [0.15, 0.2) is 0 Å². The van der Waals surface area contributed by atoms with E-state index in [4.69, 9.17) is 4.74 Å². The first kappa shape index (κ1) is 13.9. The highest BCUT2D eigenvalue weighted by Gasteiger charge is 2.29. The molecule has 2 unspecified atom stereocenters. The maximum atomic E-state index is 5.60. The zero-order chi connectivity index (χ0) is 12.0. The SMILES string of the molecule is CCCNC1COCC1CN(CC)C(C)C. The largest absolute Gasteiger partial charge is 0.379 e. The number of nitrogens with one attached hydrogen (secondary N) is 1. The Morgan fingerprint density at radius 2 is 2.06 bits per heavy atom. The lowest BCUT2D eigenvalue weighted by Gasteiger charge is -2.30. The molecular formula is C13H28N2O. The van der Waals surface area contributed by atoms with Gasteiger partial charge in [0, 0.05) is 24.5 Å². The highest BCUT2D eigenvalue weighted by atomic mass is 16.5. The van der Waals surface area contributed by atoms with Gasteiger partial charge in [0.05, 0.1) is 13.2 Å². The molecule has 1 aliphatic rings. The molecule has 0 aliphatic carbocycles. The summed E-state index contributed by atoms with van der Waals surface area (Å²) in [7, 11) is 0. The van der Waals surface area contributed by atoms with Crippen molar-refractivity contribution in [3.8, 4) is 0 Å². The van der Waals surface area contributed by atoms with Crippen LogP contribution in [0, 0.1) is 5.92 Å². The molecule has 0 radical (unpaired) electrons. The summed E-state index contributed by atoms with van der Waals surface area (Å²) in [4.78, 5) is 2.53. The molecule has 1 rings (SSSR count). The second-order valence-electron chi connectivity index (χ2n) is 5.04. The van der Waals surface area contributed by atoms with Crippen molar-refractivity contribution in [2.75, 3.05) is 32.8 Å². The van der Waals surface area contributed by atoms with Gasteiger partial charge in [0.15, 0.2) is 0 Å². The molecule has 96 valence electrons. The summed E-state index contributed by atoms with van der Waals surface area (Å²) in [5, 5.41) is 3.60. The number of hydrogen-bond donors (Lipinski definition) is 1. The van der Waals surface area contributed by atoms with Crippen molar-refractivity contribution in [2.45, 2.75) is 46.2 Å². The van der Waals surface area contributed by atoms with E-state index >= 15 is 0 Å². The van der Waals surface area contributed by atoms with Gasteiger partial charge in [-0.2, -0.15) is 0 Å². The molecule has 1 N–H and O–H groups in total. The van der Waals surface area contributed by atoms with E-state index in [0.717, 1.165) is 32.8 Å². The van der Waals surface area contributed by atoms with Gasteiger partial charge in [-0.1, -0.05) is 13.8 Å². The molecule has 0 aromatic rings. The van der Waals surface area contributed by atoms with Crippen LogP contribution in [0.5, 0.6) is 0 Å². The molecule has 1 saturated heterocycles. The molecule has 0 bridgehead atoms. The van der Waals surface area contributed by atoms with E-state index in [1.54, 1.807) is 0 Å². The van der Waals surface area contributed by atoms with Crippen LogP contribution >= 0.6 is 0 Å². The maximum Gasteiger partial charge on any atom is 0.0623 e. The van der Waals surface area contributed by atoms with Crippen molar-refractivity contribution >= 4 is 0 Å². The number of nitrogens with zero attached hydrogens (tertiary/aromatic N) is 1. The molecule has 1 aliphatic heterocycles. The first-order chi connectivity index (χ1) is 7.69. The van der Waals surface area contributed by atoms with Gasteiger partial charge in [-0.25, -0.2) is 0 Å². The van der Waals surface area contributed by atoms with Gasteiger partial charge in [0.25, 0.3) is 0 Å². The Bertz CT molecular complexity index is 185. The Labute approximate surface area is 101 Å². The molecule has 0 amide bonds. The van der Waals surface area contributed by atoms with Crippen LogP contribution in [0.1, 0.15) is 34.1 Å². The Balaban J connectivity index is 2.38. The number of hydrogen-bond acceptors (Lipinski definition) is 3. The topological polar surface area (TPSA) is 24.5 Å². The standard InChI is InChI=1S/C13H28N2O/c1-5-7-14-13-10-16-9-12(13)8-15(6-2)11(3)4/h11-14H,5-10H2,1-4H3. The van der Waals surface area contributed by atoms with Crippen molar-refractivity contribution < 1.29 is 4.74 Å². The molecule has 2 atom stereocenters. The normalized spacial score (nSPS) is 25.9. The quantitative estimate of drug-likeness (QED) is 0.718. The summed E-state index contributed by atoms with van der Waals surface area (Å²) in [5.41, 5.74) is 0. The third-order valence-corrected chi connectivity index (χ3v) is 3.46. The molecule has 0 saturated carbocycles. The van der Waals surface area contributed by atoms with Crippen molar-refractivity contribution in [3.05, 3.63) is 0 Å². The van der Waals surface area contributed by atoms with E-state index in [0.29, 0.717) is 18.0 Å². The monoisotopic (exact) mass is 228 g/mol. The fraction of sp³-hybridized carbons (Fsp3) is 1.00. The Kier molecular flexibility index (Phi) is 6.32. The summed E-state index contributed by atoms with van der Waals surface area (Å²) in [6, 6.07) is 1.20. The fourth-order valence-electron chi connectivity index (χ4n) is 2.34. The molecule has 0 aromatic heterocycles. The molecular weight excluding hydrogens is 200 g/mol. The summed E-state index contributed by atoms with van der Waals surface area (Å²) in [6.07, 6.45) is 1.20. The van der Waals surface area contributed by atoms with E-state index in [1.807, 2.05) is 0 Å². The van der Waals surface area contributed by atoms with Gasteiger partial charge in [-0.05, 0) is 33.4 Å². The summed E-state index contributed by atoms with van der Waals surface area (Å²) >= 11 is 0. The predicted octanol–water partition coefficient (Wildman–Crippen LogP) is 1.73. The van der Waals surface area contributed by atoms with E-state index in [9.17, 15) is 0 Å². The fourth-order valence-corrected chi connectivity index (χ4v) is 2.34. The Morgan fingerprint density at radius 3 is 2.62 bits per heavy atom. The smallest absolute Gasteiger partial charge is 0.0623 e. The number of ether oxygens (including phenoxy) is 1. The second-order valence-corrected chi connectivity index (χ2v) is 5.04. The van der Waals surface area contributed by atoms with Crippen molar-refractivity contribution in [3.63, 3.8) is 0 Å². The average Bonchev–Trinajstić information content (AvgIpc) is 2.69. The first-order valence-electron chi connectivity index (χ1n) is 6.74. The van der Waals surface area contributed by atoms with Gasteiger partial charge in [-0.3, -0.25) is 0 Å². The molecule has 0 aromatic carbocycles. The van der Waals surface area contributed by atoms with Crippen LogP contribution in [0.2, 0.25) is 0 Å². The Morgan fingerprint density at radius 1 is 1.31 bits per heavy atom. The summed E-state index contributed by atoms with van der Waals surface area (Å²) in [6.45, 7) is 14.2. The molecule has 1 fully saturated rings. The van der Waals surface area contributed by atoms with Gasteiger partial charge in [0.2, 0.25) is 0 Å². The molecule has 3 nitrogen and oxygen atoms in total. The maximum absolute atomic E-state index is 5.60. The van der Waals surface area contributed by atoms with Gasteiger partial charge < -0.3 is 15.0 Å². The minimum atomic E-state index is 0.563. The van der Waals surface area contributed by atoms with E-state index < -0.39 is 0 Å². The third kappa shape index (κ3) is 4.04. The number of rotatable bonds is 7. The minimum Gasteiger partial charge on any atom is -0.379 e. The highest BCUT2D eigenvalue weighted by molar-refractivity contribution is 4.84. The van der Waals surface area contributed by atoms with Crippen LogP contribution in [0.25, 0.3) is 0 Å². The predicted molar refractivity (Wildman–Crippen MR) is 68.8 cm³/mol. The second kappa shape index (κ2) is 7.25. The van der Waals surface area contributed by atoms with Crippen LogP contribution < -0.4 is 5.32 Å². The zero-order valence-electron chi connectivity index (χ0n) is 11.3. The minimum absolute atomic E-state index is 0.563. The lowest BCUT2D eigenvalue weighted by molar-refractivity contribution is 0.156. The van der Waals surface area contributed by atoms with E-state index in [-0.39, 0.29) is 0 Å². The highest BCUT2D eigenvalue weighted by Crippen LogP contribution is 2.16. The molecule has 1 heterocycles. The molecule has 0 spiro atoms. The van der Waals surface area contributed by atoms with Gasteiger partial charge in [-0.15, -0.1) is 0 Å². The van der Waals surface area contributed by atoms with Crippen LogP contribution in [-0.2, 0) is 4.74 Å². The zero-order valence-corrected chi connectivity index (χ0v) is 11.3. The van der Waals surface area contributed by atoms with Gasteiger partial charge in [0.1, 0.15) is 0 Å². The molecule has 3 heteroatoms. The summed E-state index contributed by atoms with van der Waals surface area (Å²) in [5.74, 6) is 0.661. The lowest BCUT2D eigenvalue weighted by Crippen LogP contribution is -2.43. The van der Waals surface area contributed by atoms with Crippen LogP contribution in [0.4, 0.5) is 0 Å². The van der Waals surface area contributed by atoms with Crippen molar-refractivity contribution in [2.24, 2.45) is 5.92 Å².